The zero-order valence-corrected chi connectivity index (χ0v) is 13.3. The molecule has 1 aromatic carbocycles. The number of piperazine rings is 1. The zero-order chi connectivity index (χ0) is 14.7. The molecule has 0 saturated carbocycles. The third kappa shape index (κ3) is 3.85. The summed E-state index contributed by atoms with van der Waals surface area (Å²) in [7, 11) is 0. The van der Waals surface area contributed by atoms with Crippen LogP contribution < -0.4 is 5.32 Å². The summed E-state index contributed by atoms with van der Waals surface area (Å²) in [6.07, 6.45) is 4.13. The van der Waals surface area contributed by atoms with Gasteiger partial charge in [-0.1, -0.05) is 30.3 Å². The van der Waals surface area contributed by atoms with Crippen LogP contribution in [0.25, 0.3) is 0 Å². The van der Waals surface area contributed by atoms with Crippen LogP contribution in [-0.2, 0) is 4.74 Å². The normalized spacial score (nSPS) is 29.6. The second kappa shape index (κ2) is 6.47. The molecule has 2 unspecified atom stereocenters. The van der Waals surface area contributed by atoms with Crippen molar-refractivity contribution in [2.45, 2.75) is 50.8 Å². The van der Waals surface area contributed by atoms with E-state index in [9.17, 15) is 0 Å². The molecule has 0 bridgehead atoms. The van der Waals surface area contributed by atoms with Gasteiger partial charge >= 0.3 is 0 Å². The van der Waals surface area contributed by atoms with Gasteiger partial charge in [-0.05, 0) is 38.7 Å². The molecule has 0 radical (unpaired) electrons. The Bertz CT molecular complexity index is 440. The van der Waals surface area contributed by atoms with Crippen molar-refractivity contribution in [2.24, 2.45) is 0 Å². The first kappa shape index (κ1) is 15.0. The molecule has 2 fully saturated rings. The zero-order valence-electron chi connectivity index (χ0n) is 13.3. The van der Waals surface area contributed by atoms with Crippen LogP contribution in [0.1, 0.15) is 44.7 Å². The summed E-state index contributed by atoms with van der Waals surface area (Å²) in [6.45, 7) is 8.82. The summed E-state index contributed by atoms with van der Waals surface area (Å²) < 4.78 is 5.79. The van der Waals surface area contributed by atoms with Crippen LogP contribution in [0.5, 0.6) is 0 Å². The van der Waals surface area contributed by atoms with Gasteiger partial charge in [0.05, 0.1) is 6.10 Å². The highest BCUT2D eigenvalue weighted by atomic mass is 16.5. The summed E-state index contributed by atoms with van der Waals surface area (Å²) in [5.74, 6) is 0. The van der Waals surface area contributed by atoms with Crippen LogP contribution in [0.3, 0.4) is 0 Å². The molecule has 2 aliphatic rings. The van der Waals surface area contributed by atoms with Gasteiger partial charge in [0.2, 0.25) is 0 Å². The number of nitrogens with zero attached hydrogens (tertiary/aromatic N) is 1. The van der Waals surface area contributed by atoms with Gasteiger partial charge in [0.15, 0.2) is 0 Å². The van der Waals surface area contributed by atoms with E-state index in [1.165, 1.54) is 24.8 Å². The molecule has 1 aromatic rings. The Kier molecular flexibility index (Phi) is 4.63. The van der Waals surface area contributed by atoms with E-state index in [4.69, 9.17) is 4.74 Å². The van der Waals surface area contributed by atoms with E-state index in [1.54, 1.807) is 0 Å². The SMILES string of the molecule is CC1(C)CN(CCC2CCCO2)C(c2ccccc2)CN1. The molecule has 116 valence electrons. The molecule has 3 heteroatoms. The number of ether oxygens (including phenoxy) is 1. The highest BCUT2D eigenvalue weighted by molar-refractivity contribution is 5.20. The average Bonchev–Trinajstić information content (AvgIpc) is 2.98. The van der Waals surface area contributed by atoms with Crippen molar-refractivity contribution in [1.82, 2.24) is 10.2 Å². The van der Waals surface area contributed by atoms with E-state index in [0.717, 1.165) is 26.2 Å². The van der Waals surface area contributed by atoms with Gasteiger partial charge in [-0.3, -0.25) is 4.90 Å². The predicted molar refractivity (Wildman–Crippen MR) is 86.4 cm³/mol. The average molecular weight is 288 g/mol. The quantitative estimate of drug-likeness (QED) is 0.922. The van der Waals surface area contributed by atoms with Crippen LogP contribution in [0.2, 0.25) is 0 Å². The first-order valence-corrected chi connectivity index (χ1v) is 8.30. The van der Waals surface area contributed by atoms with Gasteiger partial charge in [-0.25, -0.2) is 0 Å². The van der Waals surface area contributed by atoms with E-state index < -0.39 is 0 Å². The molecule has 2 heterocycles. The van der Waals surface area contributed by atoms with Gasteiger partial charge in [0.1, 0.15) is 0 Å². The molecule has 21 heavy (non-hydrogen) atoms. The van der Waals surface area contributed by atoms with Crippen molar-refractivity contribution in [1.29, 1.82) is 0 Å². The van der Waals surface area contributed by atoms with Crippen LogP contribution in [0.15, 0.2) is 30.3 Å². The molecule has 3 rings (SSSR count). The minimum absolute atomic E-state index is 0.196. The number of hydrogen-bond donors (Lipinski definition) is 1. The fourth-order valence-electron chi connectivity index (χ4n) is 3.60. The number of nitrogens with one attached hydrogen (secondary N) is 1. The van der Waals surface area contributed by atoms with Crippen molar-refractivity contribution >= 4 is 0 Å². The Hall–Kier alpha value is -0.900. The van der Waals surface area contributed by atoms with E-state index in [-0.39, 0.29) is 5.54 Å². The number of hydrogen-bond acceptors (Lipinski definition) is 3. The molecule has 0 spiro atoms. The summed E-state index contributed by atoms with van der Waals surface area (Å²) in [4.78, 5) is 2.65. The first-order chi connectivity index (χ1) is 10.1. The Balaban J connectivity index is 1.67. The summed E-state index contributed by atoms with van der Waals surface area (Å²) in [6, 6.07) is 11.4. The van der Waals surface area contributed by atoms with Gasteiger partial charge in [0.25, 0.3) is 0 Å². The van der Waals surface area contributed by atoms with E-state index in [2.05, 4.69) is 54.4 Å². The lowest BCUT2D eigenvalue weighted by Crippen LogP contribution is -2.58. The largest absolute Gasteiger partial charge is 0.378 e. The lowest BCUT2D eigenvalue weighted by atomic mass is 9.94. The molecule has 2 atom stereocenters. The molecule has 2 aliphatic heterocycles. The van der Waals surface area contributed by atoms with Gasteiger partial charge in [-0.2, -0.15) is 0 Å². The lowest BCUT2D eigenvalue weighted by Gasteiger charge is -2.45. The summed E-state index contributed by atoms with van der Waals surface area (Å²) >= 11 is 0. The third-order valence-corrected chi connectivity index (χ3v) is 4.76. The Morgan fingerprint density at radius 2 is 2.10 bits per heavy atom. The minimum Gasteiger partial charge on any atom is -0.378 e. The molecular weight excluding hydrogens is 260 g/mol. The van der Waals surface area contributed by atoms with Crippen molar-refractivity contribution in [3.05, 3.63) is 35.9 Å². The number of rotatable bonds is 4. The maximum Gasteiger partial charge on any atom is 0.0588 e. The monoisotopic (exact) mass is 288 g/mol. The van der Waals surface area contributed by atoms with Crippen LogP contribution in [0.4, 0.5) is 0 Å². The van der Waals surface area contributed by atoms with Crippen molar-refractivity contribution < 1.29 is 4.74 Å². The third-order valence-electron chi connectivity index (χ3n) is 4.76. The van der Waals surface area contributed by atoms with Crippen LogP contribution in [-0.4, -0.2) is 42.8 Å². The Morgan fingerprint density at radius 1 is 1.29 bits per heavy atom. The van der Waals surface area contributed by atoms with Crippen LogP contribution >= 0.6 is 0 Å². The topological polar surface area (TPSA) is 24.5 Å². The molecular formula is C18H28N2O. The van der Waals surface area contributed by atoms with Crippen LogP contribution in [0, 0.1) is 0 Å². The van der Waals surface area contributed by atoms with Crippen molar-refractivity contribution in [3.8, 4) is 0 Å². The van der Waals surface area contributed by atoms with Crippen molar-refractivity contribution in [3.63, 3.8) is 0 Å². The van der Waals surface area contributed by atoms with Gasteiger partial charge in [0, 0.05) is 37.8 Å². The standard InChI is InChI=1S/C18H28N2O/c1-18(2)14-20(11-10-16-9-6-12-21-16)17(13-19-18)15-7-4-3-5-8-15/h3-5,7-8,16-17,19H,6,9-14H2,1-2H3. The molecule has 0 aromatic heterocycles. The molecule has 1 N–H and O–H groups in total. The minimum atomic E-state index is 0.196. The van der Waals surface area contributed by atoms with Gasteiger partial charge in [-0.15, -0.1) is 0 Å². The molecule has 0 amide bonds. The smallest absolute Gasteiger partial charge is 0.0588 e. The fourth-order valence-corrected chi connectivity index (χ4v) is 3.60. The molecule has 0 aliphatic carbocycles. The van der Waals surface area contributed by atoms with E-state index >= 15 is 0 Å². The van der Waals surface area contributed by atoms with E-state index in [0.29, 0.717) is 12.1 Å². The second-order valence-electron chi connectivity index (χ2n) is 7.09. The van der Waals surface area contributed by atoms with E-state index in [1.807, 2.05) is 0 Å². The first-order valence-electron chi connectivity index (χ1n) is 8.30. The Labute approximate surface area is 128 Å². The highest BCUT2D eigenvalue weighted by Gasteiger charge is 2.33. The fraction of sp³-hybridized carbons (Fsp3) is 0.667. The van der Waals surface area contributed by atoms with Gasteiger partial charge < -0.3 is 10.1 Å². The maximum absolute atomic E-state index is 5.79. The predicted octanol–water partition coefficient (Wildman–Crippen LogP) is 2.98. The van der Waals surface area contributed by atoms with Crippen molar-refractivity contribution in [2.75, 3.05) is 26.2 Å². The summed E-state index contributed by atoms with van der Waals surface area (Å²) in [5, 5.41) is 3.69. The highest BCUT2D eigenvalue weighted by Crippen LogP contribution is 2.28. The molecule has 2 saturated heterocycles. The summed E-state index contributed by atoms with van der Waals surface area (Å²) in [5.41, 5.74) is 1.62. The Morgan fingerprint density at radius 3 is 2.81 bits per heavy atom. The maximum atomic E-state index is 5.79. The second-order valence-corrected chi connectivity index (χ2v) is 7.09. The molecule has 3 nitrogen and oxygen atoms in total. The lowest BCUT2D eigenvalue weighted by molar-refractivity contribution is 0.0573. The number of benzene rings is 1.